The van der Waals surface area contributed by atoms with Gasteiger partial charge in [0.1, 0.15) is 5.69 Å². The van der Waals surface area contributed by atoms with Gasteiger partial charge in [-0.2, -0.15) is 10.1 Å². The standard InChI is InChI=1S/C22H33N7/c1-23-22-24-15-19-20(9-6-12-28-13-10-18(11-14-28)27(2)3)26-29(21(19)25-22)16-17-7-4-5-8-17/h15,17-18H,4-5,7-8,10-14,16H2,1-3H3,(H,23,24,25). The van der Waals surface area contributed by atoms with Gasteiger partial charge in [-0.3, -0.25) is 4.90 Å². The molecule has 1 aliphatic heterocycles. The van der Waals surface area contributed by atoms with E-state index in [0.717, 1.165) is 42.9 Å². The molecule has 2 fully saturated rings. The molecule has 4 rings (SSSR count). The van der Waals surface area contributed by atoms with E-state index in [1.807, 2.05) is 13.2 Å². The minimum absolute atomic E-state index is 0.633. The van der Waals surface area contributed by atoms with Gasteiger partial charge in [-0.05, 0) is 51.6 Å². The molecule has 3 heterocycles. The van der Waals surface area contributed by atoms with Crippen LogP contribution in [0.15, 0.2) is 6.20 Å². The summed E-state index contributed by atoms with van der Waals surface area (Å²) >= 11 is 0. The predicted molar refractivity (Wildman–Crippen MR) is 117 cm³/mol. The van der Waals surface area contributed by atoms with Gasteiger partial charge >= 0.3 is 0 Å². The molecule has 0 spiro atoms. The second kappa shape index (κ2) is 9.10. The van der Waals surface area contributed by atoms with Crippen LogP contribution in [0.4, 0.5) is 5.95 Å². The summed E-state index contributed by atoms with van der Waals surface area (Å²) in [5, 5.41) is 8.83. The monoisotopic (exact) mass is 395 g/mol. The first-order chi connectivity index (χ1) is 14.1. The number of fused-ring (bicyclic) bond motifs is 1. The topological polar surface area (TPSA) is 62.1 Å². The highest BCUT2D eigenvalue weighted by atomic mass is 15.3. The summed E-state index contributed by atoms with van der Waals surface area (Å²) in [6.07, 6.45) is 9.53. The number of nitrogens with one attached hydrogen (secondary N) is 1. The van der Waals surface area contributed by atoms with Gasteiger partial charge < -0.3 is 10.2 Å². The molecule has 0 amide bonds. The van der Waals surface area contributed by atoms with E-state index in [1.165, 1.54) is 38.5 Å². The molecule has 156 valence electrons. The minimum Gasteiger partial charge on any atom is -0.357 e. The maximum atomic E-state index is 4.83. The molecule has 0 unspecified atom stereocenters. The van der Waals surface area contributed by atoms with Crippen molar-refractivity contribution in [3.8, 4) is 11.8 Å². The van der Waals surface area contributed by atoms with Gasteiger partial charge in [0.05, 0.1) is 11.9 Å². The molecule has 0 bridgehead atoms. The van der Waals surface area contributed by atoms with Crippen LogP contribution in [0, 0.1) is 17.8 Å². The highest BCUT2D eigenvalue weighted by Gasteiger charge is 2.21. The molecule has 1 saturated carbocycles. The van der Waals surface area contributed by atoms with E-state index in [0.29, 0.717) is 17.9 Å². The lowest BCUT2D eigenvalue weighted by Crippen LogP contribution is -2.41. The van der Waals surface area contributed by atoms with Crippen LogP contribution in [-0.2, 0) is 6.54 Å². The van der Waals surface area contributed by atoms with E-state index in [9.17, 15) is 0 Å². The average molecular weight is 396 g/mol. The Morgan fingerprint density at radius 2 is 1.93 bits per heavy atom. The van der Waals surface area contributed by atoms with Gasteiger partial charge in [-0.15, -0.1) is 0 Å². The Morgan fingerprint density at radius 1 is 1.17 bits per heavy atom. The second-order valence-corrected chi connectivity index (χ2v) is 8.63. The van der Waals surface area contributed by atoms with Gasteiger partial charge in [-0.25, -0.2) is 9.67 Å². The largest absolute Gasteiger partial charge is 0.357 e. The predicted octanol–water partition coefficient (Wildman–Crippen LogP) is 2.44. The second-order valence-electron chi connectivity index (χ2n) is 8.63. The molecule has 1 aliphatic carbocycles. The van der Waals surface area contributed by atoms with Gasteiger partial charge in [0, 0.05) is 38.9 Å². The first-order valence-electron chi connectivity index (χ1n) is 10.9. The fourth-order valence-corrected chi connectivity index (χ4v) is 4.57. The fourth-order valence-electron chi connectivity index (χ4n) is 4.57. The van der Waals surface area contributed by atoms with Crippen LogP contribution in [0.3, 0.4) is 0 Å². The summed E-state index contributed by atoms with van der Waals surface area (Å²) in [5.41, 5.74) is 1.70. The zero-order valence-electron chi connectivity index (χ0n) is 18.0. The summed E-state index contributed by atoms with van der Waals surface area (Å²) in [7, 11) is 6.20. The lowest BCUT2D eigenvalue weighted by Gasteiger charge is -2.34. The summed E-state index contributed by atoms with van der Waals surface area (Å²) in [4.78, 5) is 13.9. The SMILES string of the molecule is CNc1ncc2c(C#CCN3CCC(N(C)C)CC3)nn(CC3CCCC3)c2n1. The van der Waals surface area contributed by atoms with Crippen molar-refractivity contribution in [2.45, 2.75) is 51.1 Å². The first kappa shape index (κ1) is 20.1. The Kier molecular flexibility index (Phi) is 6.31. The van der Waals surface area contributed by atoms with E-state index in [1.54, 1.807) is 0 Å². The number of hydrogen-bond acceptors (Lipinski definition) is 6. The van der Waals surface area contributed by atoms with Gasteiger partial charge in [-0.1, -0.05) is 18.8 Å². The molecule has 2 aromatic heterocycles. The lowest BCUT2D eigenvalue weighted by atomic mass is 10.0. The number of aromatic nitrogens is 4. The van der Waals surface area contributed by atoms with Crippen molar-refractivity contribution >= 4 is 17.0 Å². The number of piperidine rings is 1. The average Bonchev–Trinajstić information content (AvgIpc) is 3.37. The van der Waals surface area contributed by atoms with Crippen molar-refractivity contribution in [3.63, 3.8) is 0 Å². The number of anilines is 1. The third kappa shape index (κ3) is 4.71. The number of nitrogens with zero attached hydrogens (tertiary/aromatic N) is 6. The summed E-state index contributed by atoms with van der Waals surface area (Å²) in [6.45, 7) is 3.95. The Labute approximate surface area is 173 Å². The van der Waals surface area contributed by atoms with E-state index >= 15 is 0 Å². The van der Waals surface area contributed by atoms with Crippen molar-refractivity contribution in [1.82, 2.24) is 29.5 Å². The van der Waals surface area contributed by atoms with Crippen LogP contribution in [0.1, 0.15) is 44.2 Å². The Morgan fingerprint density at radius 3 is 2.62 bits per heavy atom. The zero-order chi connectivity index (χ0) is 20.2. The quantitative estimate of drug-likeness (QED) is 0.785. The Hall–Kier alpha value is -2.17. The highest BCUT2D eigenvalue weighted by Crippen LogP contribution is 2.27. The van der Waals surface area contributed by atoms with Crippen molar-refractivity contribution < 1.29 is 0 Å². The Bertz CT molecular complexity index is 878. The maximum Gasteiger partial charge on any atom is 0.224 e. The lowest BCUT2D eigenvalue weighted by molar-refractivity contribution is 0.156. The van der Waals surface area contributed by atoms with Crippen molar-refractivity contribution in [3.05, 3.63) is 11.9 Å². The third-order valence-corrected chi connectivity index (χ3v) is 6.42. The number of rotatable bonds is 5. The number of hydrogen-bond donors (Lipinski definition) is 1. The number of likely N-dealkylation sites (tertiary alicyclic amines) is 1. The van der Waals surface area contributed by atoms with Crippen LogP contribution >= 0.6 is 0 Å². The molecule has 1 saturated heterocycles. The molecule has 2 aromatic rings. The van der Waals surface area contributed by atoms with Crippen molar-refractivity contribution in [1.29, 1.82) is 0 Å². The fraction of sp³-hybridized carbons (Fsp3) is 0.682. The van der Waals surface area contributed by atoms with E-state index in [-0.39, 0.29) is 0 Å². The smallest absolute Gasteiger partial charge is 0.224 e. The van der Waals surface area contributed by atoms with E-state index in [4.69, 9.17) is 5.10 Å². The zero-order valence-corrected chi connectivity index (χ0v) is 18.0. The molecular formula is C22H33N7. The van der Waals surface area contributed by atoms with E-state index < -0.39 is 0 Å². The summed E-state index contributed by atoms with van der Waals surface area (Å²) in [5.74, 6) is 8.01. The molecule has 7 heteroatoms. The molecule has 0 radical (unpaired) electrons. The molecule has 1 N–H and O–H groups in total. The van der Waals surface area contributed by atoms with Gasteiger partial charge in [0.25, 0.3) is 0 Å². The molecule has 0 atom stereocenters. The van der Waals surface area contributed by atoms with Crippen LogP contribution < -0.4 is 5.32 Å². The minimum atomic E-state index is 0.633. The van der Waals surface area contributed by atoms with Crippen LogP contribution in [0.5, 0.6) is 0 Å². The summed E-state index contributed by atoms with van der Waals surface area (Å²) < 4.78 is 2.06. The van der Waals surface area contributed by atoms with Crippen LogP contribution in [0.2, 0.25) is 0 Å². The van der Waals surface area contributed by atoms with Crippen LogP contribution in [0.25, 0.3) is 11.0 Å². The first-order valence-corrected chi connectivity index (χ1v) is 10.9. The molecule has 7 nitrogen and oxygen atoms in total. The van der Waals surface area contributed by atoms with Gasteiger partial charge in [0.15, 0.2) is 5.65 Å². The molecule has 2 aliphatic rings. The maximum absolute atomic E-state index is 4.83. The van der Waals surface area contributed by atoms with Crippen molar-refractivity contribution in [2.24, 2.45) is 5.92 Å². The molecule has 0 aromatic carbocycles. The normalized spacial score (nSPS) is 19.0. The summed E-state index contributed by atoms with van der Waals surface area (Å²) in [6, 6.07) is 0.702. The Balaban J connectivity index is 1.49. The van der Waals surface area contributed by atoms with Gasteiger partial charge in [0.2, 0.25) is 5.95 Å². The van der Waals surface area contributed by atoms with E-state index in [2.05, 4.69) is 55.7 Å². The van der Waals surface area contributed by atoms with Crippen molar-refractivity contribution in [2.75, 3.05) is 46.1 Å². The molecule has 29 heavy (non-hydrogen) atoms. The third-order valence-electron chi connectivity index (χ3n) is 6.42. The molecular weight excluding hydrogens is 362 g/mol. The highest BCUT2D eigenvalue weighted by molar-refractivity contribution is 5.81. The van der Waals surface area contributed by atoms with Crippen LogP contribution in [-0.4, -0.2) is 76.4 Å².